The summed E-state index contributed by atoms with van der Waals surface area (Å²) < 4.78 is 57.7. The fraction of sp³-hybridized carbons (Fsp3) is 0.455. The lowest BCUT2D eigenvalue weighted by Crippen LogP contribution is -2.44. The number of hydrogen-bond acceptors (Lipinski definition) is 4. The average molecular weight is 292 g/mol. The third-order valence-corrected chi connectivity index (χ3v) is 4.80. The Morgan fingerprint density at radius 2 is 2.11 bits per heavy atom. The van der Waals surface area contributed by atoms with Crippen molar-refractivity contribution in [2.75, 3.05) is 25.4 Å². The molecule has 1 atom stereocenters. The number of ether oxygens (including phenoxy) is 1. The van der Waals surface area contributed by atoms with Gasteiger partial charge in [0.05, 0.1) is 12.7 Å². The van der Waals surface area contributed by atoms with Gasteiger partial charge in [-0.3, -0.25) is 0 Å². The van der Waals surface area contributed by atoms with Gasteiger partial charge in [-0.1, -0.05) is 0 Å². The van der Waals surface area contributed by atoms with Crippen molar-refractivity contribution in [3.8, 4) is 0 Å². The quantitative estimate of drug-likeness (QED) is 0.824. The Balaban J connectivity index is 2.42. The molecule has 1 fully saturated rings. The van der Waals surface area contributed by atoms with Gasteiger partial charge in [-0.15, -0.1) is 0 Å². The van der Waals surface area contributed by atoms with Crippen LogP contribution >= 0.6 is 0 Å². The molecule has 0 radical (unpaired) electrons. The third-order valence-electron chi connectivity index (χ3n) is 2.91. The Labute approximate surface area is 110 Å². The van der Waals surface area contributed by atoms with Crippen molar-refractivity contribution < 1.29 is 21.9 Å². The summed E-state index contributed by atoms with van der Waals surface area (Å²) in [7, 11) is -4.03. The molecule has 8 heteroatoms. The van der Waals surface area contributed by atoms with Gasteiger partial charge in [-0.05, 0) is 19.1 Å². The molecular formula is C11H14F2N2O3S. The van der Waals surface area contributed by atoms with Gasteiger partial charge in [0.2, 0.25) is 10.0 Å². The monoisotopic (exact) mass is 292 g/mol. The van der Waals surface area contributed by atoms with Crippen molar-refractivity contribution in [3.63, 3.8) is 0 Å². The zero-order valence-corrected chi connectivity index (χ0v) is 11.1. The van der Waals surface area contributed by atoms with E-state index in [2.05, 4.69) is 0 Å². The van der Waals surface area contributed by atoms with Crippen LogP contribution in [-0.4, -0.2) is 38.5 Å². The molecule has 1 aromatic rings. The van der Waals surface area contributed by atoms with E-state index in [-0.39, 0.29) is 25.8 Å². The van der Waals surface area contributed by atoms with Gasteiger partial charge >= 0.3 is 0 Å². The normalized spacial score (nSPS) is 21.5. The van der Waals surface area contributed by atoms with Crippen LogP contribution in [-0.2, 0) is 14.8 Å². The first-order valence-electron chi connectivity index (χ1n) is 5.69. The van der Waals surface area contributed by atoms with E-state index in [0.717, 1.165) is 16.4 Å². The number of halogens is 2. The van der Waals surface area contributed by atoms with Crippen LogP contribution in [0, 0.1) is 11.6 Å². The minimum Gasteiger partial charge on any atom is -0.394 e. The van der Waals surface area contributed by atoms with Crippen LogP contribution in [0.25, 0.3) is 0 Å². The summed E-state index contributed by atoms with van der Waals surface area (Å²) in [5, 5.41) is 0. The Kier molecular flexibility index (Phi) is 3.75. The van der Waals surface area contributed by atoms with Crippen LogP contribution in [0.3, 0.4) is 0 Å². The minimum atomic E-state index is -4.03. The highest BCUT2D eigenvalue weighted by Crippen LogP contribution is 2.26. The number of sulfonamides is 1. The molecule has 1 saturated heterocycles. The van der Waals surface area contributed by atoms with E-state index in [0.29, 0.717) is 0 Å². The molecule has 0 amide bonds. The first-order chi connectivity index (χ1) is 8.84. The standard InChI is InChI=1S/C11H14F2N2O3S/c1-7-6-15(4-5-18-7)19(16,17)9-3-2-8(12)11(14)10(9)13/h2-3,7H,4-6,14H2,1H3. The number of hydrogen-bond donors (Lipinski definition) is 1. The van der Waals surface area contributed by atoms with Gasteiger partial charge < -0.3 is 10.5 Å². The summed E-state index contributed by atoms with van der Waals surface area (Å²) in [5.41, 5.74) is 4.39. The highest BCUT2D eigenvalue weighted by atomic mass is 32.2. The Hall–Kier alpha value is -1.25. The highest BCUT2D eigenvalue weighted by molar-refractivity contribution is 7.89. The van der Waals surface area contributed by atoms with Crippen LogP contribution in [0.1, 0.15) is 6.92 Å². The number of nitrogen functional groups attached to an aromatic ring is 1. The van der Waals surface area contributed by atoms with Gasteiger partial charge in [0, 0.05) is 13.1 Å². The van der Waals surface area contributed by atoms with Crippen LogP contribution < -0.4 is 5.73 Å². The summed E-state index contributed by atoms with van der Waals surface area (Å²) in [4.78, 5) is -0.611. The summed E-state index contributed by atoms with van der Waals surface area (Å²) in [6, 6.07) is 1.73. The number of nitrogens with zero attached hydrogens (tertiary/aromatic N) is 1. The molecule has 2 rings (SSSR count). The van der Waals surface area contributed by atoms with Crippen LogP contribution in [0.4, 0.5) is 14.5 Å². The molecular weight excluding hydrogens is 278 g/mol. The molecule has 0 spiro atoms. The summed E-state index contributed by atoms with van der Waals surface area (Å²) in [6.07, 6.45) is -0.274. The predicted octanol–water partition coefficient (Wildman–Crippen LogP) is 0.956. The van der Waals surface area contributed by atoms with E-state index < -0.39 is 32.2 Å². The van der Waals surface area contributed by atoms with Crippen molar-refractivity contribution in [3.05, 3.63) is 23.8 Å². The molecule has 1 aliphatic heterocycles. The van der Waals surface area contributed by atoms with E-state index in [9.17, 15) is 17.2 Å². The SMILES string of the molecule is CC1CN(S(=O)(=O)c2ccc(F)c(N)c2F)CCO1. The first-order valence-corrected chi connectivity index (χ1v) is 7.13. The summed E-state index contributed by atoms with van der Waals surface area (Å²) in [6.45, 7) is 2.21. The van der Waals surface area contributed by atoms with E-state index >= 15 is 0 Å². The predicted molar refractivity (Wildman–Crippen MR) is 64.9 cm³/mol. The summed E-state index contributed by atoms with van der Waals surface area (Å²) >= 11 is 0. The van der Waals surface area contributed by atoms with E-state index in [1.165, 1.54) is 0 Å². The molecule has 0 aliphatic carbocycles. The Bertz CT molecular complexity index is 592. The fourth-order valence-corrected chi connectivity index (χ4v) is 3.47. The highest BCUT2D eigenvalue weighted by Gasteiger charge is 2.32. The second kappa shape index (κ2) is 5.03. The first kappa shape index (κ1) is 14.2. The Morgan fingerprint density at radius 1 is 1.42 bits per heavy atom. The van der Waals surface area contributed by atoms with Crippen molar-refractivity contribution in [2.24, 2.45) is 0 Å². The average Bonchev–Trinajstić information content (AvgIpc) is 2.36. The fourth-order valence-electron chi connectivity index (χ4n) is 1.89. The zero-order valence-electron chi connectivity index (χ0n) is 10.3. The van der Waals surface area contributed by atoms with Gasteiger partial charge in [0.25, 0.3) is 0 Å². The molecule has 0 saturated carbocycles. The lowest BCUT2D eigenvalue weighted by molar-refractivity contribution is 0.0101. The number of nitrogens with two attached hydrogens (primary N) is 1. The topological polar surface area (TPSA) is 72.6 Å². The molecule has 106 valence electrons. The van der Waals surface area contributed by atoms with Gasteiger partial charge in [0.15, 0.2) is 5.82 Å². The molecule has 2 N–H and O–H groups in total. The summed E-state index contributed by atoms with van der Waals surface area (Å²) in [5.74, 6) is -2.23. The van der Waals surface area contributed by atoms with Crippen LogP contribution in [0.15, 0.2) is 17.0 Å². The second-order valence-electron chi connectivity index (χ2n) is 4.32. The van der Waals surface area contributed by atoms with Crippen molar-refractivity contribution >= 4 is 15.7 Å². The molecule has 0 aromatic heterocycles. The molecule has 1 heterocycles. The van der Waals surface area contributed by atoms with Gasteiger partial charge in [-0.2, -0.15) is 4.31 Å². The van der Waals surface area contributed by atoms with Crippen LogP contribution in [0.2, 0.25) is 0 Å². The third kappa shape index (κ3) is 2.56. The van der Waals surface area contributed by atoms with E-state index in [1.54, 1.807) is 6.92 Å². The molecule has 19 heavy (non-hydrogen) atoms. The maximum atomic E-state index is 13.8. The second-order valence-corrected chi connectivity index (χ2v) is 6.22. The van der Waals surface area contributed by atoms with Gasteiger partial charge in [-0.25, -0.2) is 17.2 Å². The Morgan fingerprint density at radius 3 is 2.74 bits per heavy atom. The van der Waals surface area contributed by atoms with E-state index in [4.69, 9.17) is 10.5 Å². The molecule has 1 aliphatic rings. The number of rotatable bonds is 2. The largest absolute Gasteiger partial charge is 0.394 e. The van der Waals surface area contributed by atoms with Crippen molar-refractivity contribution in [1.29, 1.82) is 0 Å². The minimum absolute atomic E-state index is 0.124. The number of anilines is 1. The maximum Gasteiger partial charge on any atom is 0.246 e. The lowest BCUT2D eigenvalue weighted by Gasteiger charge is -2.30. The van der Waals surface area contributed by atoms with Crippen molar-refractivity contribution in [2.45, 2.75) is 17.9 Å². The van der Waals surface area contributed by atoms with Gasteiger partial charge in [0.1, 0.15) is 16.4 Å². The maximum absolute atomic E-state index is 13.8. The number of morpholine rings is 1. The molecule has 1 aromatic carbocycles. The lowest BCUT2D eigenvalue weighted by atomic mass is 10.3. The molecule has 1 unspecified atom stereocenters. The molecule has 5 nitrogen and oxygen atoms in total. The zero-order chi connectivity index (χ0) is 14.2. The van der Waals surface area contributed by atoms with E-state index in [1.807, 2.05) is 0 Å². The number of benzene rings is 1. The molecule has 0 bridgehead atoms. The smallest absolute Gasteiger partial charge is 0.246 e. The van der Waals surface area contributed by atoms with Crippen molar-refractivity contribution in [1.82, 2.24) is 4.31 Å². The van der Waals surface area contributed by atoms with Crippen LogP contribution in [0.5, 0.6) is 0 Å².